The smallest absolute Gasteiger partial charge is 0.373 e. The van der Waals surface area contributed by atoms with E-state index < -0.39 is 17.9 Å². The summed E-state index contributed by atoms with van der Waals surface area (Å²) in [5.74, 6) is -0.0567. The molecule has 1 aromatic heterocycles. The van der Waals surface area contributed by atoms with Gasteiger partial charge in [0.15, 0.2) is 11.5 Å². The van der Waals surface area contributed by atoms with Gasteiger partial charge in [-0.15, -0.1) is 0 Å². The van der Waals surface area contributed by atoms with Crippen LogP contribution >= 0.6 is 23.2 Å². The molecule has 0 atom stereocenters. The van der Waals surface area contributed by atoms with Crippen molar-refractivity contribution in [2.24, 2.45) is 0 Å². The molecule has 0 saturated carbocycles. The summed E-state index contributed by atoms with van der Waals surface area (Å²) >= 11 is 12.0. The predicted molar refractivity (Wildman–Crippen MR) is 131 cm³/mol. The highest BCUT2D eigenvalue weighted by molar-refractivity contribution is 6.42. The Morgan fingerprint density at radius 3 is 2.56 bits per heavy atom. The number of methoxy groups -OCH3 is 2. The molecule has 11 heteroatoms. The monoisotopic (exact) mass is 530 g/mol. The topological polar surface area (TPSA) is 107 Å². The van der Waals surface area contributed by atoms with Crippen LogP contribution in [0.4, 0.5) is 4.79 Å². The molecule has 0 unspecified atom stereocenters. The van der Waals surface area contributed by atoms with Gasteiger partial charge in [0.25, 0.3) is 5.91 Å². The number of nitrogens with one attached hydrogen (secondary N) is 1. The minimum Gasteiger partial charge on any atom is -0.493 e. The van der Waals surface area contributed by atoms with E-state index in [1.807, 2.05) is 0 Å². The normalized spacial score (nSPS) is 14.2. The van der Waals surface area contributed by atoms with Gasteiger partial charge >= 0.3 is 12.0 Å². The van der Waals surface area contributed by atoms with Crippen LogP contribution in [0, 0.1) is 0 Å². The molecule has 4 rings (SSSR count). The Morgan fingerprint density at radius 2 is 1.83 bits per heavy atom. The number of esters is 1. The van der Waals surface area contributed by atoms with Crippen LogP contribution < -0.4 is 14.8 Å². The fourth-order valence-electron chi connectivity index (χ4n) is 3.39. The number of carbonyl (C=O) groups is 3. The molecule has 2 aromatic carbocycles. The average molecular weight is 531 g/mol. The number of furan rings is 1. The van der Waals surface area contributed by atoms with Gasteiger partial charge in [-0.3, -0.25) is 9.69 Å². The van der Waals surface area contributed by atoms with Gasteiger partial charge in [-0.2, -0.15) is 0 Å². The molecule has 0 bridgehead atoms. The third-order valence-electron chi connectivity index (χ3n) is 5.20. The van der Waals surface area contributed by atoms with E-state index in [0.717, 1.165) is 10.5 Å². The molecular weight excluding hydrogens is 511 g/mol. The van der Waals surface area contributed by atoms with Crippen molar-refractivity contribution >= 4 is 47.2 Å². The highest BCUT2D eigenvalue weighted by Crippen LogP contribution is 2.31. The zero-order valence-electron chi connectivity index (χ0n) is 19.2. The fourth-order valence-corrected chi connectivity index (χ4v) is 3.72. The van der Waals surface area contributed by atoms with Crippen LogP contribution in [0.5, 0.6) is 11.5 Å². The quantitative estimate of drug-likeness (QED) is 0.246. The lowest BCUT2D eigenvalue weighted by molar-refractivity contribution is -0.123. The molecule has 2 heterocycles. The van der Waals surface area contributed by atoms with Gasteiger partial charge in [0.2, 0.25) is 5.76 Å². The van der Waals surface area contributed by atoms with E-state index in [0.29, 0.717) is 27.1 Å². The Bertz CT molecular complexity index is 1370. The predicted octanol–water partition coefficient (Wildman–Crippen LogP) is 5.05. The SMILES string of the molecule is COC(=O)c1ccc(CN2C(=O)N/C(=C/c3ccc(OCc4ccc(Cl)c(Cl)c4)c(OC)c3)C2=O)o1. The average Bonchev–Trinajstić information content (AvgIpc) is 3.45. The van der Waals surface area contributed by atoms with Gasteiger partial charge in [0.05, 0.1) is 30.8 Å². The molecule has 0 aliphatic carbocycles. The third-order valence-corrected chi connectivity index (χ3v) is 5.94. The Hall–Kier alpha value is -3.95. The first-order chi connectivity index (χ1) is 17.3. The van der Waals surface area contributed by atoms with E-state index in [1.165, 1.54) is 32.4 Å². The fraction of sp³-hybridized carbons (Fsp3) is 0.160. The zero-order valence-corrected chi connectivity index (χ0v) is 20.7. The summed E-state index contributed by atoms with van der Waals surface area (Å²) in [5, 5.41) is 3.43. The maximum Gasteiger partial charge on any atom is 0.373 e. The van der Waals surface area contributed by atoms with E-state index in [1.54, 1.807) is 36.4 Å². The van der Waals surface area contributed by atoms with E-state index in [4.69, 9.17) is 37.1 Å². The highest BCUT2D eigenvalue weighted by atomic mass is 35.5. The summed E-state index contributed by atoms with van der Waals surface area (Å²) in [4.78, 5) is 37.7. The molecule has 1 aliphatic rings. The molecule has 36 heavy (non-hydrogen) atoms. The standard InChI is InChI=1S/C25H20Cl2N2O7/c1-33-22-11-14(4-7-20(22)35-13-15-3-6-17(26)18(27)9-15)10-19-23(30)29(25(32)28-19)12-16-5-8-21(36-16)24(31)34-2/h3-11H,12-13H2,1-2H3,(H,28,32)/b19-10+. The van der Waals surface area contributed by atoms with Crippen molar-refractivity contribution in [3.63, 3.8) is 0 Å². The molecule has 1 aliphatic heterocycles. The second kappa shape index (κ2) is 10.8. The molecule has 0 radical (unpaired) electrons. The summed E-state index contributed by atoms with van der Waals surface area (Å²) in [6.45, 7) is 0.0888. The first kappa shape index (κ1) is 25.2. The number of hydrogen-bond donors (Lipinski definition) is 1. The van der Waals surface area contributed by atoms with Crippen molar-refractivity contribution in [1.82, 2.24) is 10.2 Å². The van der Waals surface area contributed by atoms with Crippen molar-refractivity contribution in [3.05, 3.63) is 86.9 Å². The van der Waals surface area contributed by atoms with Gasteiger partial charge in [0, 0.05) is 0 Å². The summed E-state index contributed by atoms with van der Waals surface area (Å²) < 4.78 is 21.2. The number of imide groups is 1. The summed E-state index contributed by atoms with van der Waals surface area (Å²) in [5.41, 5.74) is 1.50. The number of rotatable bonds is 8. The van der Waals surface area contributed by atoms with Gasteiger partial charge in [0.1, 0.15) is 18.1 Å². The molecule has 1 N–H and O–H groups in total. The molecule has 1 saturated heterocycles. The number of ether oxygens (including phenoxy) is 3. The largest absolute Gasteiger partial charge is 0.493 e. The van der Waals surface area contributed by atoms with Crippen LogP contribution in [0.2, 0.25) is 10.0 Å². The number of halogens is 2. The van der Waals surface area contributed by atoms with E-state index in [2.05, 4.69) is 10.1 Å². The second-order valence-electron chi connectivity index (χ2n) is 7.58. The Morgan fingerprint density at radius 1 is 1.03 bits per heavy atom. The third kappa shape index (κ3) is 5.48. The van der Waals surface area contributed by atoms with Crippen LogP contribution in [0.15, 0.2) is 58.6 Å². The summed E-state index contributed by atoms with van der Waals surface area (Å²) in [6.07, 6.45) is 1.52. The minimum atomic E-state index is -0.655. The van der Waals surface area contributed by atoms with Gasteiger partial charge in [-0.05, 0) is 53.6 Å². The molecular formula is C25H20Cl2N2O7. The van der Waals surface area contributed by atoms with Crippen LogP contribution in [0.3, 0.4) is 0 Å². The number of hydrogen-bond acceptors (Lipinski definition) is 7. The molecule has 3 amide bonds. The lowest BCUT2D eigenvalue weighted by Gasteiger charge is -2.12. The summed E-state index contributed by atoms with van der Waals surface area (Å²) in [6, 6.07) is 12.6. The zero-order chi connectivity index (χ0) is 25.8. The van der Waals surface area contributed by atoms with E-state index in [9.17, 15) is 14.4 Å². The van der Waals surface area contributed by atoms with Crippen molar-refractivity contribution in [2.45, 2.75) is 13.2 Å². The maximum atomic E-state index is 12.8. The van der Waals surface area contributed by atoms with Crippen molar-refractivity contribution < 1.29 is 33.0 Å². The Labute approximate surface area is 216 Å². The molecule has 3 aromatic rings. The van der Waals surface area contributed by atoms with Crippen LogP contribution in [0.25, 0.3) is 6.08 Å². The van der Waals surface area contributed by atoms with Gasteiger partial charge in [-0.1, -0.05) is 35.3 Å². The second-order valence-corrected chi connectivity index (χ2v) is 8.40. The van der Waals surface area contributed by atoms with Crippen molar-refractivity contribution in [2.75, 3.05) is 14.2 Å². The molecule has 186 valence electrons. The first-order valence-electron chi connectivity index (χ1n) is 10.6. The van der Waals surface area contributed by atoms with Crippen LogP contribution in [-0.2, 0) is 22.7 Å². The Balaban J connectivity index is 1.46. The van der Waals surface area contributed by atoms with Gasteiger partial charge in [-0.25, -0.2) is 9.59 Å². The van der Waals surface area contributed by atoms with Gasteiger partial charge < -0.3 is 23.9 Å². The van der Waals surface area contributed by atoms with Crippen LogP contribution in [0.1, 0.15) is 27.4 Å². The van der Waals surface area contributed by atoms with Crippen molar-refractivity contribution in [1.29, 1.82) is 0 Å². The lowest BCUT2D eigenvalue weighted by atomic mass is 10.1. The number of nitrogens with zero attached hydrogens (tertiary/aromatic N) is 1. The number of benzene rings is 2. The van der Waals surface area contributed by atoms with Crippen LogP contribution in [-0.4, -0.2) is 37.0 Å². The minimum absolute atomic E-state index is 0.0242. The van der Waals surface area contributed by atoms with E-state index in [-0.39, 0.29) is 30.4 Å². The maximum absolute atomic E-state index is 12.8. The summed E-state index contributed by atoms with van der Waals surface area (Å²) in [7, 11) is 2.72. The highest BCUT2D eigenvalue weighted by Gasteiger charge is 2.34. The molecule has 9 nitrogen and oxygen atoms in total. The first-order valence-corrected chi connectivity index (χ1v) is 11.3. The van der Waals surface area contributed by atoms with E-state index >= 15 is 0 Å². The Kier molecular flexibility index (Phi) is 7.52. The molecule has 1 fully saturated rings. The number of amides is 3. The number of urea groups is 1. The lowest BCUT2D eigenvalue weighted by Crippen LogP contribution is -2.30. The number of carbonyl (C=O) groups excluding carboxylic acids is 3. The molecule has 0 spiro atoms. The van der Waals surface area contributed by atoms with Crippen molar-refractivity contribution in [3.8, 4) is 11.5 Å².